The van der Waals surface area contributed by atoms with Crippen molar-refractivity contribution in [3.63, 3.8) is 0 Å². The summed E-state index contributed by atoms with van der Waals surface area (Å²) in [7, 11) is 1.66. The number of hydrogen-bond donors (Lipinski definition) is 1. The number of carbonyl (C=O) groups excluding carboxylic acids is 2. The fourth-order valence-corrected chi connectivity index (χ4v) is 4.65. The zero-order valence-corrected chi connectivity index (χ0v) is 19.0. The molecule has 4 rings (SSSR count). The maximum Gasteiger partial charge on any atom is 0.225 e. The Labute approximate surface area is 195 Å². The molecule has 0 bridgehead atoms. The molecule has 0 aromatic heterocycles. The molecule has 1 aliphatic rings. The quantitative estimate of drug-likeness (QED) is 0.567. The second-order valence-electron chi connectivity index (χ2n) is 8.77. The van der Waals surface area contributed by atoms with Crippen molar-refractivity contribution in [3.05, 3.63) is 90.0 Å². The van der Waals surface area contributed by atoms with Gasteiger partial charge in [-0.2, -0.15) is 0 Å². The summed E-state index contributed by atoms with van der Waals surface area (Å²) < 4.78 is 5.47. The molecule has 0 radical (unpaired) electrons. The predicted molar refractivity (Wildman–Crippen MR) is 130 cm³/mol. The molecule has 5 heteroatoms. The number of aryl methyl sites for hydroxylation is 1. The SMILES string of the molecule is COc1ccccc1-c1ccc(C[C@]2(C(N)=O)CCN(C(=O)CCc3ccccc3)C2)cc1. The molecular formula is C28H30N2O3. The van der Waals surface area contributed by atoms with Crippen LogP contribution in [0.4, 0.5) is 0 Å². The first-order chi connectivity index (χ1) is 16.0. The number of benzene rings is 3. The Morgan fingerprint density at radius 1 is 0.939 bits per heavy atom. The summed E-state index contributed by atoms with van der Waals surface area (Å²) in [5.41, 5.74) is 9.39. The summed E-state index contributed by atoms with van der Waals surface area (Å²) in [6.45, 7) is 0.945. The van der Waals surface area contributed by atoms with Gasteiger partial charge in [0.15, 0.2) is 0 Å². The Bertz CT molecular complexity index is 1110. The summed E-state index contributed by atoms with van der Waals surface area (Å²) >= 11 is 0. The van der Waals surface area contributed by atoms with Crippen LogP contribution >= 0.6 is 0 Å². The van der Waals surface area contributed by atoms with Crippen LogP contribution in [0, 0.1) is 5.41 Å². The molecule has 1 aliphatic heterocycles. The molecule has 0 spiro atoms. The molecule has 0 aliphatic carbocycles. The lowest BCUT2D eigenvalue weighted by Gasteiger charge is -2.26. The first kappa shape index (κ1) is 22.6. The molecule has 1 saturated heterocycles. The van der Waals surface area contributed by atoms with Crippen LogP contribution in [0.3, 0.4) is 0 Å². The highest BCUT2D eigenvalue weighted by atomic mass is 16.5. The number of ether oxygens (including phenoxy) is 1. The third-order valence-corrected chi connectivity index (χ3v) is 6.61. The van der Waals surface area contributed by atoms with Gasteiger partial charge in [-0.3, -0.25) is 9.59 Å². The first-order valence-electron chi connectivity index (χ1n) is 11.3. The van der Waals surface area contributed by atoms with Crippen LogP contribution in [0.25, 0.3) is 11.1 Å². The summed E-state index contributed by atoms with van der Waals surface area (Å²) in [6.07, 6.45) is 2.25. The summed E-state index contributed by atoms with van der Waals surface area (Å²) in [4.78, 5) is 27.1. The van der Waals surface area contributed by atoms with Crippen LogP contribution in [0.15, 0.2) is 78.9 Å². The lowest BCUT2D eigenvalue weighted by molar-refractivity contribution is -0.132. The second-order valence-corrected chi connectivity index (χ2v) is 8.77. The van der Waals surface area contributed by atoms with Crippen molar-refractivity contribution in [2.45, 2.75) is 25.7 Å². The monoisotopic (exact) mass is 442 g/mol. The van der Waals surface area contributed by atoms with Gasteiger partial charge in [-0.25, -0.2) is 0 Å². The fraction of sp³-hybridized carbons (Fsp3) is 0.286. The maximum absolute atomic E-state index is 12.8. The Morgan fingerprint density at radius 3 is 2.33 bits per heavy atom. The topological polar surface area (TPSA) is 72.6 Å². The van der Waals surface area contributed by atoms with Gasteiger partial charge in [0, 0.05) is 25.1 Å². The molecule has 170 valence electrons. The van der Waals surface area contributed by atoms with Gasteiger partial charge in [0.25, 0.3) is 0 Å². The minimum absolute atomic E-state index is 0.0773. The van der Waals surface area contributed by atoms with E-state index in [1.165, 1.54) is 0 Å². The van der Waals surface area contributed by atoms with Gasteiger partial charge in [0.1, 0.15) is 5.75 Å². The second kappa shape index (κ2) is 9.90. The molecule has 0 unspecified atom stereocenters. The molecular weight excluding hydrogens is 412 g/mol. The highest BCUT2D eigenvalue weighted by Crippen LogP contribution is 2.36. The highest BCUT2D eigenvalue weighted by Gasteiger charge is 2.44. The Morgan fingerprint density at radius 2 is 1.64 bits per heavy atom. The van der Waals surface area contributed by atoms with Crippen LogP contribution < -0.4 is 10.5 Å². The largest absolute Gasteiger partial charge is 0.496 e. The van der Waals surface area contributed by atoms with E-state index in [1.807, 2.05) is 78.9 Å². The van der Waals surface area contributed by atoms with Crippen molar-refractivity contribution in [1.82, 2.24) is 4.90 Å². The van der Waals surface area contributed by atoms with Gasteiger partial charge in [-0.1, -0.05) is 72.8 Å². The van der Waals surface area contributed by atoms with E-state index in [1.54, 1.807) is 12.0 Å². The number of nitrogens with two attached hydrogens (primary N) is 1. The molecule has 0 saturated carbocycles. The standard InChI is InChI=1S/C28H30N2O3/c1-33-25-10-6-5-9-24(25)23-14-11-22(12-15-23)19-28(27(29)32)17-18-30(20-28)26(31)16-13-21-7-3-2-4-8-21/h2-12,14-15H,13,16-20H2,1H3,(H2,29,32)/t28-/m1/s1. The summed E-state index contributed by atoms with van der Waals surface area (Å²) in [6, 6.07) is 26.0. The number of amides is 2. The van der Waals surface area contributed by atoms with E-state index in [4.69, 9.17) is 10.5 Å². The number of nitrogens with zero attached hydrogens (tertiary/aromatic N) is 1. The number of carbonyl (C=O) groups is 2. The minimum atomic E-state index is -0.728. The molecule has 1 fully saturated rings. The Balaban J connectivity index is 1.43. The average molecular weight is 443 g/mol. The van der Waals surface area contributed by atoms with Gasteiger partial charge in [-0.15, -0.1) is 0 Å². The van der Waals surface area contributed by atoms with Crippen LogP contribution in [-0.4, -0.2) is 36.9 Å². The molecule has 2 N–H and O–H groups in total. The zero-order chi connectivity index (χ0) is 23.3. The predicted octanol–water partition coefficient (Wildman–Crippen LogP) is 4.24. The fourth-order valence-electron chi connectivity index (χ4n) is 4.65. The number of rotatable bonds is 8. The van der Waals surface area contributed by atoms with Gasteiger partial charge in [-0.05, 0) is 42.0 Å². The lowest BCUT2D eigenvalue weighted by atomic mass is 9.80. The molecule has 3 aromatic carbocycles. The molecule has 5 nitrogen and oxygen atoms in total. The van der Waals surface area contributed by atoms with Crippen LogP contribution in [0.5, 0.6) is 5.75 Å². The van der Waals surface area contributed by atoms with Crippen LogP contribution in [0.2, 0.25) is 0 Å². The summed E-state index contributed by atoms with van der Waals surface area (Å²) in [5, 5.41) is 0. The van der Waals surface area contributed by atoms with E-state index in [9.17, 15) is 9.59 Å². The van der Waals surface area contributed by atoms with Crippen LogP contribution in [0.1, 0.15) is 24.0 Å². The van der Waals surface area contributed by atoms with E-state index < -0.39 is 5.41 Å². The van der Waals surface area contributed by atoms with Gasteiger partial charge >= 0.3 is 0 Å². The van der Waals surface area contributed by atoms with Crippen molar-refractivity contribution in [3.8, 4) is 16.9 Å². The van der Waals surface area contributed by atoms with E-state index in [-0.39, 0.29) is 11.8 Å². The number of para-hydroxylation sites is 1. The van der Waals surface area contributed by atoms with Gasteiger partial charge in [0.2, 0.25) is 11.8 Å². The van der Waals surface area contributed by atoms with Crippen molar-refractivity contribution in [1.29, 1.82) is 0 Å². The maximum atomic E-state index is 12.8. The molecule has 2 amide bonds. The number of methoxy groups -OCH3 is 1. The number of hydrogen-bond acceptors (Lipinski definition) is 3. The average Bonchev–Trinajstić information content (AvgIpc) is 3.29. The van der Waals surface area contributed by atoms with Gasteiger partial charge in [0.05, 0.1) is 12.5 Å². The van der Waals surface area contributed by atoms with Crippen molar-refractivity contribution < 1.29 is 14.3 Å². The Hall–Kier alpha value is -3.60. The van der Waals surface area contributed by atoms with Crippen LogP contribution in [-0.2, 0) is 22.4 Å². The lowest BCUT2D eigenvalue weighted by Crippen LogP contribution is -2.42. The smallest absolute Gasteiger partial charge is 0.225 e. The van der Waals surface area contributed by atoms with E-state index >= 15 is 0 Å². The van der Waals surface area contributed by atoms with Crippen molar-refractivity contribution in [2.24, 2.45) is 11.1 Å². The molecule has 33 heavy (non-hydrogen) atoms. The van der Waals surface area contributed by atoms with E-state index in [2.05, 4.69) is 0 Å². The Kier molecular flexibility index (Phi) is 6.78. The third kappa shape index (κ3) is 5.08. The highest BCUT2D eigenvalue weighted by molar-refractivity contribution is 5.84. The first-order valence-corrected chi connectivity index (χ1v) is 11.3. The normalized spacial score (nSPS) is 17.7. The third-order valence-electron chi connectivity index (χ3n) is 6.61. The molecule has 1 atom stereocenters. The minimum Gasteiger partial charge on any atom is -0.496 e. The number of primary amides is 1. The van der Waals surface area contributed by atoms with Gasteiger partial charge < -0.3 is 15.4 Å². The molecule has 3 aromatic rings. The van der Waals surface area contributed by atoms with Crippen molar-refractivity contribution in [2.75, 3.05) is 20.2 Å². The van der Waals surface area contributed by atoms with E-state index in [0.717, 1.165) is 28.0 Å². The number of likely N-dealkylation sites (tertiary alicyclic amines) is 1. The zero-order valence-electron chi connectivity index (χ0n) is 19.0. The summed E-state index contributed by atoms with van der Waals surface area (Å²) in [5.74, 6) is 0.558. The van der Waals surface area contributed by atoms with E-state index in [0.29, 0.717) is 38.8 Å². The molecule has 1 heterocycles. The van der Waals surface area contributed by atoms with Crippen molar-refractivity contribution >= 4 is 11.8 Å².